The highest BCUT2D eigenvalue weighted by molar-refractivity contribution is 5.84. The van der Waals surface area contributed by atoms with Gasteiger partial charge in [-0.15, -0.1) is 0 Å². The number of fused-ring (bicyclic) bond motifs is 1. The van der Waals surface area contributed by atoms with Crippen molar-refractivity contribution < 1.29 is 33.6 Å². The van der Waals surface area contributed by atoms with Gasteiger partial charge in [0.05, 0.1) is 6.10 Å². The Labute approximate surface area is 168 Å². The van der Waals surface area contributed by atoms with Crippen LogP contribution in [0.3, 0.4) is 0 Å². The second-order valence-electron chi connectivity index (χ2n) is 6.80. The lowest BCUT2D eigenvalue weighted by atomic mass is 10.1. The summed E-state index contributed by atoms with van der Waals surface area (Å²) in [4.78, 5) is 23.3. The van der Waals surface area contributed by atoms with E-state index in [4.69, 9.17) is 18.9 Å². The fourth-order valence-electron chi connectivity index (χ4n) is 2.79. The number of carboxylic acids is 1. The Morgan fingerprint density at radius 2 is 1.76 bits per heavy atom. The number of hydrogen-bond donors (Lipinski definition) is 2. The summed E-state index contributed by atoms with van der Waals surface area (Å²) in [6.45, 7) is 3.86. The van der Waals surface area contributed by atoms with Crippen molar-refractivity contribution >= 4 is 17.7 Å². The van der Waals surface area contributed by atoms with Crippen molar-refractivity contribution in [1.29, 1.82) is 0 Å². The minimum atomic E-state index is -1.01. The van der Waals surface area contributed by atoms with Gasteiger partial charge in [0.15, 0.2) is 17.6 Å². The van der Waals surface area contributed by atoms with E-state index in [1.807, 2.05) is 0 Å². The highest BCUT2D eigenvalue weighted by Gasteiger charge is 2.20. The predicted molar refractivity (Wildman–Crippen MR) is 104 cm³/mol. The molecule has 8 nitrogen and oxygen atoms in total. The maximum absolute atomic E-state index is 12.0. The molecule has 0 fully saturated rings. The van der Waals surface area contributed by atoms with Crippen LogP contribution in [0.2, 0.25) is 0 Å². The Morgan fingerprint density at radius 1 is 1.07 bits per heavy atom. The summed E-state index contributed by atoms with van der Waals surface area (Å²) < 4.78 is 21.2. The molecular formula is C21H23NO7. The lowest BCUT2D eigenvalue weighted by Gasteiger charge is -2.16. The molecular weight excluding hydrogens is 378 g/mol. The molecule has 29 heavy (non-hydrogen) atoms. The third-order valence-corrected chi connectivity index (χ3v) is 4.14. The number of nitrogens with one attached hydrogen (secondary N) is 1. The van der Waals surface area contributed by atoms with Crippen LogP contribution in [0.15, 0.2) is 42.5 Å². The highest BCUT2D eigenvalue weighted by atomic mass is 16.7. The van der Waals surface area contributed by atoms with Crippen molar-refractivity contribution in [2.45, 2.75) is 39.1 Å². The van der Waals surface area contributed by atoms with Gasteiger partial charge < -0.3 is 24.1 Å². The summed E-state index contributed by atoms with van der Waals surface area (Å²) in [5.74, 6) is 0.290. The number of hydrogen-bond acceptors (Lipinski definition) is 6. The lowest BCUT2D eigenvalue weighted by molar-refractivity contribution is -0.153. The first kappa shape index (κ1) is 20.5. The number of carboxylic acid groups (broad SMARTS) is 1. The van der Waals surface area contributed by atoms with Gasteiger partial charge in [0.25, 0.3) is 0 Å². The molecule has 1 aliphatic rings. The molecule has 0 saturated carbocycles. The number of aliphatic carboxylic acids is 1. The zero-order chi connectivity index (χ0) is 20.8. The molecule has 3 rings (SSSR count). The quantitative estimate of drug-likeness (QED) is 0.697. The van der Waals surface area contributed by atoms with Crippen molar-refractivity contribution in [3.8, 4) is 11.5 Å². The van der Waals surface area contributed by atoms with Crippen LogP contribution >= 0.6 is 0 Å². The van der Waals surface area contributed by atoms with Crippen LogP contribution < -0.4 is 14.8 Å². The van der Waals surface area contributed by atoms with E-state index in [2.05, 4.69) is 5.32 Å². The molecule has 1 heterocycles. The van der Waals surface area contributed by atoms with E-state index in [-0.39, 0.29) is 25.9 Å². The molecule has 1 amide bonds. The van der Waals surface area contributed by atoms with Crippen LogP contribution in [0.4, 0.5) is 10.5 Å². The van der Waals surface area contributed by atoms with Gasteiger partial charge in [0, 0.05) is 12.1 Å². The average Bonchev–Trinajstić information content (AvgIpc) is 3.15. The molecule has 2 aromatic carbocycles. The maximum Gasteiger partial charge on any atom is 0.411 e. The SMILES string of the molecule is CC(C)OC(Cc1ccc(NC(=O)OCc2ccc3c(c2)OCO3)cc1)C(=O)O. The third-order valence-electron chi connectivity index (χ3n) is 4.14. The van der Waals surface area contributed by atoms with Gasteiger partial charge >= 0.3 is 12.1 Å². The first-order valence-electron chi connectivity index (χ1n) is 9.20. The number of anilines is 1. The van der Waals surface area contributed by atoms with E-state index < -0.39 is 18.2 Å². The standard InChI is InChI=1S/C21H23NO7/c1-13(2)29-19(20(23)24)9-14-3-6-16(7-4-14)22-21(25)26-11-15-5-8-17-18(10-15)28-12-27-17/h3-8,10,13,19H,9,11-12H2,1-2H3,(H,22,25)(H,23,24). The molecule has 0 aliphatic carbocycles. The van der Waals surface area contributed by atoms with E-state index in [1.54, 1.807) is 56.3 Å². The summed E-state index contributed by atoms with van der Waals surface area (Å²) in [7, 11) is 0. The van der Waals surface area contributed by atoms with Gasteiger partial charge in [-0.05, 0) is 49.2 Å². The van der Waals surface area contributed by atoms with Crippen LogP contribution in [0.25, 0.3) is 0 Å². The predicted octanol–water partition coefficient (Wildman–Crippen LogP) is 3.58. The lowest BCUT2D eigenvalue weighted by Crippen LogP contribution is -2.29. The van der Waals surface area contributed by atoms with E-state index in [0.29, 0.717) is 17.2 Å². The fourth-order valence-corrected chi connectivity index (χ4v) is 2.79. The Hall–Kier alpha value is -3.26. The highest BCUT2D eigenvalue weighted by Crippen LogP contribution is 2.32. The molecule has 1 aliphatic heterocycles. The second-order valence-corrected chi connectivity index (χ2v) is 6.80. The smallest absolute Gasteiger partial charge is 0.411 e. The number of amides is 1. The normalized spacial score (nSPS) is 13.2. The monoisotopic (exact) mass is 401 g/mol. The van der Waals surface area contributed by atoms with E-state index in [9.17, 15) is 14.7 Å². The molecule has 0 radical (unpaired) electrons. The second kappa shape index (κ2) is 9.29. The van der Waals surface area contributed by atoms with Crippen molar-refractivity contribution in [1.82, 2.24) is 0 Å². The van der Waals surface area contributed by atoms with Gasteiger partial charge in [-0.1, -0.05) is 18.2 Å². The van der Waals surface area contributed by atoms with Gasteiger partial charge in [0.1, 0.15) is 6.61 Å². The molecule has 0 aromatic heterocycles. The van der Waals surface area contributed by atoms with Crippen LogP contribution in [0.5, 0.6) is 11.5 Å². The van der Waals surface area contributed by atoms with Crippen molar-refractivity contribution in [2.24, 2.45) is 0 Å². The van der Waals surface area contributed by atoms with Gasteiger partial charge in [0.2, 0.25) is 6.79 Å². The number of rotatable bonds is 8. The summed E-state index contributed by atoms with van der Waals surface area (Å²) in [5.41, 5.74) is 2.11. The molecule has 0 bridgehead atoms. The summed E-state index contributed by atoms with van der Waals surface area (Å²) >= 11 is 0. The maximum atomic E-state index is 12.0. The van der Waals surface area contributed by atoms with Crippen LogP contribution in [0.1, 0.15) is 25.0 Å². The first-order chi connectivity index (χ1) is 13.9. The van der Waals surface area contributed by atoms with E-state index >= 15 is 0 Å². The number of benzene rings is 2. The first-order valence-corrected chi connectivity index (χ1v) is 9.20. The zero-order valence-corrected chi connectivity index (χ0v) is 16.2. The number of carbonyl (C=O) groups excluding carboxylic acids is 1. The Bertz CT molecular complexity index is 864. The van der Waals surface area contributed by atoms with Crippen molar-refractivity contribution in [3.05, 3.63) is 53.6 Å². The van der Waals surface area contributed by atoms with E-state index in [1.165, 1.54) is 0 Å². The Morgan fingerprint density at radius 3 is 2.45 bits per heavy atom. The van der Waals surface area contributed by atoms with Crippen LogP contribution in [-0.4, -0.2) is 36.2 Å². The summed E-state index contributed by atoms with van der Waals surface area (Å²) in [6.07, 6.45) is -1.46. The topological polar surface area (TPSA) is 103 Å². The minimum absolute atomic E-state index is 0.0907. The molecule has 1 unspecified atom stereocenters. The van der Waals surface area contributed by atoms with Gasteiger partial charge in [-0.25, -0.2) is 9.59 Å². The fraction of sp³-hybridized carbons (Fsp3) is 0.333. The van der Waals surface area contributed by atoms with Crippen LogP contribution in [-0.2, 0) is 27.3 Å². The van der Waals surface area contributed by atoms with Gasteiger partial charge in [-0.2, -0.15) is 0 Å². The molecule has 2 N–H and O–H groups in total. The summed E-state index contributed by atoms with van der Waals surface area (Å²) in [6, 6.07) is 12.2. The third kappa shape index (κ3) is 5.86. The number of carbonyl (C=O) groups is 2. The zero-order valence-electron chi connectivity index (χ0n) is 16.2. The number of ether oxygens (including phenoxy) is 4. The van der Waals surface area contributed by atoms with Crippen LogP contribution in [0, 0.1) is 0 Å². The molecule has 2 aromatic rings. The van der Waals surface area contributed by atoms with Crippen molar-refractivity contribution in [2.75, 3.05) is 12.1 Å². The molecule has 154 valence electrons. The van der Waals surface area contributed by atoms with E-state index in [0.717, 1.165) is 11.1 Å². The minimum Gasteiger partial charge on any atom is -0.479 e. The van der Waals surface area contributed by atoms with Crippen molar-refractivity contribution in [3.63, 3.8) is 0 Å². The molecule has 8 heteroatoms. The molecule has 0 spiro atoms. The van der Waals surface area contributed by atoms with Gasteiger partial charge in [-0.3, -0.25) is 5.32 Å². The average molecular weight is 401 g/mol. The Kier molecular flexibility index (Phi) is 6.56. The molecule has 0 saturated heterocycles. The summed E-state index contributed by atoms with van der Waals surface area (Å²) in [5, 5.41) is 11.9. The molecule has 1 atom stereocenters. The largest absolute Gasteiger partial charge is 0.479 e. The Balaban J connectivity index is 1.50.